The highest BCUT2D eigenvalue weighted by Crippen LogP contribution is 2.28. The number of aliphatic hydroxyl groups is 7. The third kappa shape index (κ3) is 3.26. The van der Waals surface area contributed by atoms with Crippen LogP contribution in [0.4, 0.5) is 0 Å². The lowest BCUT2D eigenvalue weighted by atomic mass is 9.97. The smallest absolute Gasteiger partial charge is 0.187 e. The number of ether oxygens (including phenoxy) is 3. The van der Waals surface area contributed by atoms with E-state index in [1.54, 1.807) is 0 Å². The summed E-state index contributed by atoms with van der Waals surface area (Å²) in [5.41, 5.74) is 0. The van der Waals surface area contributed by atoms with Crippen molar-refractivity contribution in [1.29, 1.82) is 0 Å². The fraction of sp³-hybridized carbons (Fsp3) is 1.00. The maximum absolute atomic E-state index is 9.92. The number of hydrogen-bond acceptors (Lipinski definition) is 10. The fourth-order valence-electron chi connectivity index (χ4n) is 2.54. The first-order valence-corrected chi connectivity index (χ1v) is 6.93. The summed E-state index contributed by atoms with van der Waals surface area (Å²) in [5.74, 6) is 0. The Morgan fingerprint density at radius 1 is 0.818 bits per heavy atom. The predicted octanol–water partition coefficient (Wildman–Crippen LogP) is -4.37. The Balaban J connectivity index is 2.08. The molecule has 130 valence electrons. The molecule has 10 atom stereocenters. The van der Waals surface area contributed by atoms with Crippen LogP contribution in [0, 0.1) is 0 Å². The molecule has 0 aromatic heterocycles. The largest absolute Gasteiger partial charge is 0.394 e. The van der Waals surface area contributed by atoms with Crippen molar-refractivity contribution in [3.8, 4) is 0 Å². The van der Waals surface area contributed by atoms with Crippen LogP contribution in [0.15, 0.2) is 0 Å². The monoisotopic (exact) mass is 326 g/mol. The zero-order valence-corrected chi connectivity index (χ0v) is 11.8. The van der Waals surface area contributed by atoms with Crippen LogP contribution in [0.25, 0.3) is 0 Å². The molecule has 22 heavy (non-hydrogen) atoms. The third-order valence-electron chi connectivity index (χ3n) is 3.94. The lowest BCUT2D eigenvalue weighted by Gasteiger charge is -2.44. The highest BCUT2D eigenvalue weighted by molar-refractivity contribution is 4.92. The number of aliphatic hydroxyl groups excluding tert-OH is 7. The normalized spacial score (nSPS) is 53.5. The van der Waals surface area contributed by atoms with Crippen LogP contribution < -0.4 is 0 Å². The van der Waals surface area contributed by atoms with Gasteiger partial charge in [-0.3, -0.25) is 0 Å². The Labute approximate surface area is 126 Å². The molecule has 2 rings (SSSR count). The first-order valence-electron chi connectivity index (χ1n) is 6.93. The summed E-state index contributed by atoms with van der Waals surface area (Å²) in [6.45, 7) is 0.846. The first-order chi connectivity index (χ1) is 10.3. The van der Waals surface area contributed by atoms with Gasteiger partial charge in [0.05, 0.1) is 12.7 Å². The van der Waals surface area contributed by atoms with E-state index in [1.807, 2.05) is 0 Å². The molecule has 0 spiro atoms. The Morgan fingerprint density at radius 3 is 2.05 bits per heavy atom. The highest BCUT2D eigenvalue weighted by Gasteiger charge is 2.49. The molecule has 0 aliphatic carbocycles. The van der Waals surface area contributed by atoms with E-state index in [-0.39, 0.29) is 0 Å². The zero-order valence-electron chi connectivity index (χ0n) is 11.8. The summed E-state index contributed by atoms with van der Waals surface area (Å²) in [5, 5.41) is 67.2. The molecule has 0 bridgehead atoms. The van der Waals surface area contributed by atoms with Gasteiger partial charge in [0.1, 0.15) is 42.7 Å². The van der Waals surface area contributed by atoms with Gasteiger partial charge in [0.2, 0.25) is 0 Å². The molecule has 2 aliphatic rings. The molecule has 7 N–H and O–H groups in total. The molecular weight excluding hydrogens is 304 g/mol. The van der Waals surface area contributed by atoms with Crippen molar-refractivity contribution in [2.75, 3.05) is 6.61 Å². The van der Waals surface area contributed by atoms with Gasteiger partial charge in [0, 0.05) is 0 Å². The second-order valence-corrected chi connectivity index (χ2v) is 5.51. The molecule has 0 radical (unpaired) electrons. The van der Waals surface area contributed by atoms with Gasteiger partial charge in [-0.25, -0.2) is 0 Å². The van der Waals surface area contributed by atoms with E-state index in [9.17, 15) is 30.6 Å². The summed E-state index contributed by atoms with van der Waals surface area (Å²) in [4.78, 5) is 0. The van der Waals surface area contributed by atoms with E-state index in [0.717, 1.165) is 0 Å². The van der Waals surface area contributed by atoms with Crippen LogP contribution in [-0.2, 0) is 14.2 Å². The molecule has 10 nitrogen and oxygen atoms in total. The van der Waals surface area contributed by atoms with Crippen LogP contribution in [0.3, 0.4) is 0 Å². The quantitative estimate of drug-likeness (QED) is 0.269. The fourth-order valence-corrected chi connectivity index (χ4v) is 2.54. The SMILES string of the molecule is C[C@@H]1OC(O)[C@@H](O)[C@H](O)[C@@H]1O[C@H]1O[C@H](CO)[C@H](O)[C@H](O)[C@H]1O. The Kier molecular flexibility index (Phi) is 5.72. The van der Waals surface area contributed by atoms with Crippen LogP contribution >= 0.6 is 0 Å². The van der Waals surface area contributed by atoms with Crippen LogP contribution in [0.2, 0.25) is 0 Å². The molecule has 0 aromatic rings. The molecular formula is C12H22O10. The third-order valence-corrected chi connectivity index (χ3v) is 3.94. The number of rotatable bonds is 3. The van der Waals surface area contributed by atoms with Crippen molar-refractivity contribution >= 4 is 0 Å². The van der Waals surface area contributed by atoms with Crippen LogP contribution in [0.1, 0.15) is 6.92 Å². The van der Waals surface area contributed by atoms with E-state index >= 15 is 0 Å². The van der Waals surface area contributed by atoms with Gasteiger partial charge >= 0.3 is 0 Å². The Hall–Kier alpha value is -0.400. The van der Waals surface area contributed by atoms with Gasteiger partial charge in [0.25, 0.3) is 0 Å². The van der Waals surface area contributed by atoms with Crippen molar-refractivity contribution in [2.24, 2.45) is 0 Å². The zero-order chi connectivity index (χ0) is 16.6. The molecule has 10 heteroatoms. The molecule has 1 unspecified atom stereocenters. The van der Waals surface area contributed by atoms with E-state index in [1.165, 1.54) is 6.92 Å². The first kappa shape index (κ1) is 17.9. The van der Waals surface area contributed by atoms with Crippen LogP contribution in [0.5, 0.6) is 0 Å². The van der Waals surface area contributed by atoms with Gasteiger partial charge in [-0.2, -0.15) is 0 Å². The minimum Gasteiger partial charge on any atom is -0.394 e. The number of hydrogen-bond donors (Lipinski definition) is 7. The second kappa shape index (κ2) is 7.01. The molecule has 0 amide bonds. The molecule has 0 saturated carbocycles. The van der Waals surface area contributed by atoms with Gasteiger partial charge in [0.15, 0.2) is 12.6 Å². The standard InChI is InChI=1S/C12H22O10/c1-3-10(7(16)8(17)11(19)20-3)22-12-9(18)6(15)5(14)4(2-13)21-12/h3-19H,2H2,1H3/t3-,4+,5-,6-,7-,8-,9+,10+,11?,12+/m0/s1. The lowest BCUT2D eigenvalue weighted by Crippen LogP contribution is -2.63. The van der Waals surface area contributed by atoms with Crippen LogP contribution in [-0.4, -0.2) is 104 Å². The summed E-state index contributed by atoms with van der Waals surface area (Å²) >= 11 is 0. The summed E-state index contributed by atoms with van der Waals surface area (Å²) < 4.78 is 15.5. The van der Waals surface area contributed by atoms with E-state index < -0.39 is 68.0 Å². The minimum absolute atomic E-state index is 0.620. The highest BCUT2D eigenvalue weighted by atomic mass is 16.7. The average molecular weight is 326 g/mol. The van der Waals surface area contributed by atoms with Gasteiger partial charge in [-0.15, -0.1) is 0 Å². The van der Waals surface area contributed by atoms with Crippen molar-refractivity contribution in [3.05, 3.63) is 0 Å². The molecule has 0 aromatic carbocycles. The van der Waals surface area contributed by atoms with Crippen molar-refractivity contribution < 1.29 is 50.0 Å². The van der Waals surface area contributed by atoms with Crippen molar-refractivity contribution in [2.45, 2.75) is 68.3 Å². The summed E-state index contributed by atoms with van der Waals surface area (Å²) in [6.07, 6.45) is -14.2. The van der Waals surface area contributed by atoms with E-state index in [4.69, 9.17) is 19.3 Å². The maximum Gasteiger partial charge on any atom is 0.187 e. The summed E-state index contributed by atoms with van der Waals surface area (Å²) in [7, 11) is 0. The van der Waals surface area contributed by atoms with Gasteiger partial charge in [-0.05, 0) is 6.92 Å². The van der Waals surface area contributed by atoms with Gasteiger partial charge in [-0.1, -0.05) is 0 Å². The van der Waals surface area contributed by atoms with E-state index in [0.29, 0.717) is 0 Å². The summed E-state index contributed by atoms with van der Waals surface area (Å²) in [6, 6.07) is 0. The average Bonchev–Trinajstić information content (AvgIpc) is 2.49. The van der Waals surface area contributed by atoms with Gasteiger partial charge < -0.3 is 50.0 Å². The molecule has 2 heterocycles. The maximum atomic E-state index is 9.92. The van der Waals surface area contributed by atoms with Crippen molar-refractivity contribution in [1.82, 2.24) is 0 Å². The Morgan fingerprint density at radius 2 is 1.45 bits per heavy atom. The van der Waals surface area contributed by atoms with Crippen molar-refractivity contribution in [3.63, 3.8) is 0 Å². The molecule has 2 aliphatic heterocycles. The minimum atomic E-state index is -1.64. The molecule has 2 saturated heterocycles. The topological polar surface area (TPSA) is 169 Å². The molecule has 2 fully saturated rings. The predicted molar refractivity (Wildman–Crippen MR) is 67.2 cm³/mol. The Bertz CT molecular complexity index is 366. The lowest BCUT2D eigenvalue weighted by molar-refractivity contribution is -0.351. The van der Waals surface area contributed by atoms with E-state index in [2.05, 4.69) is 0 Å². The second-order valence-electron chi connectivity index (χ2n) is 5.51.